The summed E-state index contributed by atoms with van der Waals surface area (Å²) in [5, 5.41) is 9.97. The van der Waals surface area contributed by atoms with Crippen LogP contribution < -0.4 is 18.1 Å². The van der Waals surface area contributed by atoms with Gasteiger partial charge in [0.1, 0.15) is 16.9 Å². The Bertz CT molecular complexity index is 870. The highest BCUT2D eigenvalue weighted by molar-refractivity contribution is 8.12. The topological polar surface area (TPSA) is 82.0 Å². The molecule has 0 unspecified atom stereocenters. The summed E-state index contributed by atoms with van der Waals surface area (Å²) in [4.78, 5) is 0.364. The van der Waals surface area contributed by atoms with Gasteiger partial charge in [0.15, 0.2) is 9.84 Å². The van der Waals surface area contributed by atoms with Gasteiger partial charge in [0.2, 0.25) is 0 Å². The zero-order valence-electron chi connectivity index (χ0n) is 14.9. The molecule has 0 aromatic heterocycles. The van der Waals surface area contributed by atoms with Crippen LogP contribution in [0.1, 0.15) is 25.0 Å². The number of hydrogen-bond donors (Lipinski definition) is 2. The van der Waals surface area contributed by atoms with Gasteiger partial charge in [-0.3, -0.25) is 0 Å². The van der Waals surface area contributed by atoms with Crippen molar-refractivity contribution in [1.82, 2.24) is 0 Å². The van der Waals surface area contributed by atoms with Crippen molar-refractivity contribution in [1.29, 1.82) is 0 Å². The molecule has 0 saturated carbocycles. The van der Waals surface area contributed by atoms with Gasteiger partial charge >= 0.3 is 0 Å². The highest BCUT2D eigenvalue weighted by Crippen LogP contribution is 2.41. The number of phenolic OH excluding ortho intramolecular Hbond substituents is 1. The van der Waals surface area contributed by atoms with E-state index in [2.05, 4.69) is 19.6 Å². The van der Waals surface area contributed by atoms with Crippen molar-refractivity contribution in [2.45, 2.75) is 41.9 Å². The molecule has 3 rings (SSSR count). The molecule has 26 heavy (non-hydrogen) atoms. The molecule has 1 aliphatic carbocycles. The number of quaternary nitrogens is 1. The Kier molecular flexibility index (Phi) is 6.33. The van der Waals surface area contributed by atoms with Gasteiger partial charge in [0.25, 0.3) is 0 Å². The maximum absolute atomic E-state index is 12.6. The van der Waals surface area contributed by atoms with Crippen LogP contribution in [0.2, 0.25) is 0 Å². The second kappa shape index (κ2) is 7.80. The summed E-state index contributed by atoms with van der Waals surface area (Å²) in [6.45, 7) is 4.22. The molecule has 0 fully saturated rings. The highest BCUT2D eigenvalue weighted by atomic mass is 35.5. The van der Waals surface area contributed by atoms with Crippen molar-refractivity contribution < 1.29 is 31.7 Å². The zero-order valence-corrected chi connectivity index (χ0v) is 17.2. The average molecular weight is 414 g/mol. The van der Waals surface area contributed by atoms with Gasteiger partial charge in [0.05, 0.1) is 10.1 Å². The number of fused-ring (bicyclic) bond motifs is 1. The standard InChI is InChI=1S/C19H23NO3S2.ClH/c1-19(2)16-11-14(21)9-8-13(16)10-17(18(19)20)24-12-25(22,23)15-6-4-3-5-7-15;/h3-9,11,17-18,21H,10,12,20H2,1-2H3;1H/t17-,18+;/m1./s1. The molecule has 7 heteroatoms. The molecular weight excluding hydrogens is 390 g/mol. The van der Waals surface area contributed by atoms with Crippen LogP contribution in [0.25, 0.3) is 0 Å². The lowest BCUT2D eigenvalue weighted by Crippen LogP contribution is -3.00. The van der Waals surface area contributed by atoms with E-state index in [4.69, 9.17) is 0 Å². The molecule has 0 spiro atoms. The van der Waals surface area contributed by atoms with Gasteiger partial charge in [-0.15, -0.1) is 11.8 Å². The molecule has 2 aromatic rings. The Morgan fingerprint density at radius 2 is 1.85 bits per heavy atom. The van der Waals surface area contributed by atoms with Crippen LogP contribution in [0.15, 0.2) is 53.4 Å². The van der Waals surface area contributed by atoms with E-state index >= 15 is 0 Å². The predicted molar refractivity (Wildman–Crippen MR) is 101 cm³/mol. The first-order valence-electron chi connectivity index (χ1n) is 8.26. The van der Waals surface area contributed by atoms with E-state index in [9.17, 15) is 13.5 Å². The Hall–Kier alpha value is -1.21. The molecule has 2 atom stereocenters. The predicted octanol–water partition coefficient (Wildman–Crippen LogP) is -0.626. The van der Waals surface area contributed by atoms with Crippen LogP contribution >= 0.6 is 11.8 Å². The first-order valence-corrected chi connectivity index (χ1v) is 11.0. The summed E-state index contributed by atoms with van der Waals surface area (Å²) in [7, 11) is -3.31. The highest BCUT2D eigenvalue weighted by Gasteiger charge is 2.44. The SMILES string of the molecule is CC1(C)c2cc(O)ccc2C[C@@H](SCS(=O)(=O)c2ccccc2)[C@@H]1[NH3+].[Cl-]. The van der Waals surface area contributed by atoms with Gasteiger partial charge in [-0.25, -0.2) is 8.42 Å². The van der Waals surface area contributed by atoms with Gasteiger partial charge in [-0.05, 0) is 41.8 Å². The van der Waals surface area contributed by atoms with Crippen LogP contribution in [0.4, 0.5) is 0 Å². The first kappa shape index (κ1) is 21.1. The molecule has 4 N–H and O–H groups in total. The fourth-order valence-electron chi connectivity index (χ4n) is 3.41. The fourth-order valence-corrected chi connectivity index (χ4v) is 6.82. The van der Waals surface area contributed by atoms with Crippen molar-refractivity contribution in [3.8, 4) is 5.75 Å². The fraction of sp³-hybridized carbons (Fsp3) is 0.368. The molecule has 0 aliphatic heterocycles. The second-order valence-electron chi connectivity index (χ2n) is 7.12. The van der Waals surface area contributed by atoms with Crippen LogP contribution in [-0.4, -0.2) is 29.9 Å². The Morgan fingerprint density at radius 3 is 2.50 bits per heavy atom. The van der Waals surface area contributed by atoms with Gasteiger partial charge in [0, 0.05) is 5.41 Å². The lowest BCUT2D eigenvalue weighted by Gasteiger charge is -2.40. The van der Waals surface area contributed by atoms with Crippen LogP contribution in [0.3, 0.4) is 0 Å². The summed E-state index contributed by atoms with van der Waals surface area (Å²) >= 11 is 1.46. The molecule has 142 valence electrons. The Morgan fingerprint density at radius 1 is 1.19 bits per heavy atom. The smallest absolute Gasteiger partial charge is 0.187 e. The molecule has 0 saturated heterocycles. The van der Waals surface area contributed by atoms with E-state index in [-0.39, 0.29) is 39.9 Å². The summed E-state index contributed by atoms with van der Waals surface area (Å²) in [6.07, 6.45) is 0.766. The summed E-state index contributed by atoms with van der Waals surface area (Å²) in [6, 6.07) is 14.1. The van der Waals surface area contributed by atoms with Crippen LogP contribution in [-0.2, 0) is 21.7 Å². The second-order valence-corrected chi connectivity index (χ2v) is 10.7. The van der Waals surface area contributed by atoms with Crippen molar-refractivity contribution >= 4 is 21.6 Å². The van der Waals surface area contributed by atoms with Crippen molar-refractivity contribution in [2.24, 2.45) is 0 Å². The number of rotatable bonds is 4. The minimum absolute atomic E-state index is 0. The number of aromatic hydroxyl groups is 1. The molecule has 0 bridgehead atoms. The van der Waals surface area contributed by atoms with E-state index in [0.29, 0.717) is 4.90 Å². The lowest BCUT2D eigenvalue weighted by atomic mass is 9.69. The van der Waals surface area contributed by atoms with E-state index in [1.54, 1.807) is 30.3 Å². The monoisotopic (exact) mass is 413 g/mol. The average Bonchev–Trinajstić information content (AvgIpc) is 2.59. The number of sulfone groups is 1. The van der Waals surface area contributed by atoms with Gasteiger partial charge in [-0.1, -0.05) is 38.1 Å². The third-order valence-electron chi connectivity index (χ3n) is 5.12. The summed E-state index contributed by atoms with van der Waals surface area (Å²) in [5.74, 6) is 0.261. The lowest BCUT2D eigenvalue weighted by molar-refractivity contribution is -0.435. The molecule has 1 aliphatic rings. The molecule has 2 aromatic carbocycles. The molecule has 0 radical (unpaired) electrons. The summed E-state index contributed by atoms with van der Waals surface area (Å²) in [5.41, 5.74) is 6.39. The number of thioether (sulfide) groups is 1. The number of benzene rings is 2. The number of hydrogen-bond acceptors (Lipinski definition) is 4. The summed E-state index contributed by atoms with van der Waals surface area (Å²) < 4.78 is 25.1. The maximum Gasteiger partial charge on any atom is 0.187 e. The van der Waals surface area contributed by atoms with E-state index in [1.165, 1.54) is 11.8 Å². The quantitative estimate of drug-likeness (QED) is 0.699. The van der Waals surface area contributed by atoms with E-state index < -0.39 is 9.84 Å². The molecular formula is C19H24ClNO3S2. The number of halogens is 1. The Balaban J connectivity index is 0.00000243. The van der Waals surface area contributed by atoms with Crippen molar-refractivity contribution in [3.63, 3.8) is 0 Å². The minimum atomic E-state index is -3.31. The first-order chi connectivity index (χ1) is 11.7. The van der Waals surface area contributed by atoms with Crippen LogP contribution in [0.5, 0.6) is 5.75 Å². The largest absolute Gasteiger partial charge is 1.00 e. The van der Waals surface area contributed by atoms with Crippen LogP contribution in [0, 0.1) is 0 Å². The van der Waals surface area contributed by atoms with E-state index in [0.717, 1.165) is 17.5 Å². The number of phenols is 1. The maximum atomic E-state index is 12.6. The van der Waals surface area contributed by atoms with E-state index in [1.807, 2.05) is 18.2 Å². The third-order valence-corrected chi connectivity index (χ3v) is 8.82. The molecule has 0 heterocycles. The zero-order chi connectivity index (χ0) is 18.2. The minimum Gasteiger partial charge on any atom is -1.00 e. The van der Waals surface area contributed by atoms with Crippen molar-refractivity contribution in [2.75, 3.05) is 5.08 Å². The van der Waals surface area contributed by atoms with Crippen molar-refractivity contribution in [3.05, 3.63) is 59.7 Å². The molecule has 4 nitrogen and oxygen atoms in total. The van der Waals surface area contributed by atoms with Gasteiger partial charge < -0.3 is 23.2 Å². The van der Waals surface area contributed by atoms with Gasteiger partial charge in [-0.2, -0.15) is 0 Å². The third kappa shape index (κ3) is 4.03. The normalized spacial score (nSPS) is 21.5. The Labute approximate surface area is 165 Å². The molecule has 0 amide bonds.